The van der Waals surface area contributed by atoms with Crippen LogP contribution in [0.4, 0.5) is 0 Å². The van der Waals surface area contributed by atoms with E-state index in [1.54, 1.807) is 12.2 Å². The molecule has 0 aliphatic rings. The second kappa shape index (κ2) is 31.3. The predicted octanol–water partition coefficient (Wildman–Crippen LogP) is 7.80. The van der Waals surface area contributed by atoms with Gasteiger partial charge in [0.2, 0.25) is 5.91 Å². The minimum absolute atomic E-state index is 0.0421. The number of unbranched alkanes of at least 4 members (excludes halogenated alkanes) is 14. The highest BCUT2D eigenvalue weighted by atomic mass is 31.2. The Morgan fingerprint density at radius 2 is 1.29 bits per heavy atom. The van der Waals surface area contributed by atoms with Gasteiger partial charge in [-0.25, -0.2) is 4.57 Å². The first kappa shape index (κ1) is 43.7. The molecule has 0 rings (SSSR count). The number of phosphoric ester groups is 1. The van der Waals surface area contributed by atoms with Crippen LogP contribution in [0.5, 0.6) is 0 Å². The first-order valence-electron chi connectivity index (χ1n) is 17.7. The van der Waals surface area contributed by atoms with Gasteiger partial charge in [0.05, 0.1) is 37.9 Å². The number of hydrogen-bond donors (Lipinski definition) is 5. The molecule has 4 unspecified atom stereocenters. The molecule has 0 bridgehead atoms. The number of aliphatic hydroxyl groups is 2. The van der Waals surface area contributed by atoms with Crippen molar-refractivity contribution >= 4 is 13.7 Å². The third-order valence-corrected chi connectivity index (χ3v) is 8.50. The van der Waals surface area contributed by atoms with Gasteiger partial charge in [-0.1, -0.05) is 134 Å². The quantitative estimate of drug-likeness (QED) is 0.0279. The van der Waals surface area contributed by atoms with Crippen molar-refractivity contribution in [3.63, 3.8) is 0 Å². The van der Waals surface area contributed by atoms with E-state index in [9.17, 15) is 24.5 Å². The molecule has 0 fully saturated rings. The van der Waals surface area contributed by atoms with Crippen LogP contribution in [0.25, 0.3) is 0 Å². The molecular formula is C35H67N2O7P. The highest BCUT2D eigenvalue weighted by Crippen LogP contribution is 2.43. The Morgan fingerprint density at radius 1 is 0.778 bits per heavy atom. The molecule has 0 saturated heterocycles. The Morgan fingerprint density at radius 3 is 1.82 bits per heavy atom. The molecule has 0 saturated carbocycles. The fourth-order valence-corrected chi connectivity index (χ4v) is 5.62. The van der Waals surface area contributed by atoms with Crippen molar-refractivity contribution in [2.24, 2.45) is 5.73 Å². The summed E-state index contributed by atoms with van der Waals surface area (Å²) in [5.74, 6) is -0.464. The van der Waals surface area contributed by atoms with Crippen LogP contribution >= 0.6 is 7.82 Å². The van der Waals surface area contributed by atoms with Gasteiger partial charge >= 0.3 is 7.82 Å². The van der Waals surface area contributed by atoms with E-state index in [2.05, 4.69) is 43.5 Å². The number of hydrogen-bond acceptors (Lipinski definition) is 7. The standard InChI is InChI=1S/C35H67N2O7P/c1-3-5-7-9-11-13-15-16-17-18-20-22-24-26-32(38)30-35(40)37-33(31-44-45(41,42)43-29-28-36)34(39)27-25-23-21-19-14-12-10-8-6-4-2/h6,8,14,19,25,27,32-34,38-39H,3-5,7,9-13,15-18,20-24,26,28-31,36H2,1-2H3,(H,37,40)(H,41,42)/b8-6+,19-14+,27-25+. The predicted molar refractivity (Wildman–Crippen MR) is 186 cm³/mol. The summed E-state index contributed by atoms with van der Waals surface area (Å²) in [6.45, 7) is 3.78. The van der Waals surface area contributed by atoms with Gasteiger partial charge in [-0.3, -0.25) is 13.8 Å². The summed E-state index contributed by atoms with van der Waals surface area (Å²) in [7, 11) is -4.40. The molecule has 6 N–H and O–H groups in total. The molecule has 1 amide bonds. The Labute approximate surface area is 274 Å². The van der Waals surface area contributed by atoms with Crippen LogP contribution in [0.3, 0.4) is 0 Å². The minimum atomic E-state index is -4.40. The van der Waals surface area contributed by atoms with Gasteiger partial charge in [-0.05, 0) is 38.5 Å². The van der Waals surface area contributed by atoms with E-state index < -0.39 is 38.6 Å². The third kappa shape index (κ3) is 29.8. The van der Waals surface area contributed by atoms with E-state index in [1.165, 1.54) is 64.2 Å². The maximum atomic E-state index is 12.7. The third-order valence-electron chi connectivity index (χ3n) is 7.51. The molecule has 0 aromatic carbocycles. The highest BCUT2D eigenvalue weighted by molar-refractivity contribution is 7.47. The molecule has 0 aliphatic carbocycles. The molecule has 264 valence electrons. The zero-order valence-corrected chi connectivity index (χ0v) is 29.4. The van der Waals surface area contributed by atoms with Gasteiger partial charge in [0.15, 0.2) is 0 Å². The zero-order chi connectivity index (χ0) is 33.4. The summed E-state index contributed by atoms with van der Waals surface area (Å²) in [4.78, 5) is 22.5. The summed E-state index contributed by atoms with van der Waals surface area (Å²) in [6.07, 6.45) is 31.0. The molecule has 0 aromatic rings. The summed E-state index contributed by atoms with van der Waals surface area (Å²) >= 11 is 0. The number of amides is 1. The lowest BCUT2D eigenvalue weighted by Crippen LogP contribution is -2.46. The van der Waals surface area contributed by atoms with Crippen molar-refractivity contribution in [1.82, 2.24) is 5.32 Å². The second-order valence-electron chi connectivity index (χ2n) is 11.9. The minimum Gasteiger partial charge on any atom is -0.393 e. The summed E-state index contributed by atoms with van der Waals surface area (Å²) in [5, 5.41) is 23.8. The number of allylic oxidation sites excluding steroid dienone is 5. The van der Waals surface area contributed by atoms with Crippen LogP contribution in [0, 0.1) is 0 Å². The van der Waals surface area contributed by atoms with Gasteiger partial charge in [-0.15, -0.1) is 0 Å². The van der Waals surface area contributed by atoms with E-state index in [1.807, 2.05) is 0 Å². The van der Waals surface area contributed by atoms with E-state index in [4.69, 9.17) is 14.8 Å². The number of phosphoric acid groups is 1. The molecule has 0 aliphatic heterocycles. The van der Waals surface area contributed by atoms with Crippen molar-refractivity contribution in [1.29, 1.82) is 0 Å². The summed E-state index contributed by atoms with van der Waals surface area (Å²) in [6, 6.07) is -1.000. The van der Waals surface area contributed by atoms with Crippen molar-refractivity contribution in [2.45, 2.75) is 161 Å². The average Bonchev–Trinajstić information content (AvgIpc) is 3.01. The van der Waals surface area contributed by atoms with E-state index in [0.717, 1.165) is 44.9 Å². The number of aliphatic hydroxyl groups excluding tert-OH is 2. The molecule has 0 heterocycles. The lowest BCUT2D eigenvalue weighted by atomic mass is 10.0. The van der Waals surface area contributed by atoms with Gasteiger partial charge in [0.25, 0.3) is 0 Å². The van der Waals surface area contributed by atoms with Crippen LogP contribution in [-0.2, 0) is 18.4 Å². The molecule has 9 nitrogen and oxygen atoms in total. The number of nitrogens with two attached hydrogens (primary N) is 1. The van der Waals surface area contributed by atoms with E-state index in [0.29, 0.717) is 12.8 Å². The van der Waals surface area contributed by atoms with Crippen LogP contribution in [0.15, 0.2) is 36.5 Å². The Kier molecular flexibility index (Phi) is 30.4. The monoisotopic (exact) mass is 658 g/mol. The van der Waals surface area contributed by atoms with Crippen molar-refractivity contribution < 1.29 is 33.5 Å². The SMILES string of the molecule is CC/C=C/CC/C=C/CC/C=C/C(O)C(COP(=O)(O)OCCN)NC(=O)CC(O)CCCCCCCCCCCCCCC. The smallest absolute Gasteiger partial charge is 0.393 e. The first-order valence-corrected chi connectivity index (χ1v) is 19.2. The molecule has 0 aromatic heterocycles. The normalized spacial score (nSPS) is 15.6. The molecule has 4 atom stereocenters. The van der Waals surface area contributed by atoms with Crippen molar-refractivity contribution in [2.75, 3.05) is 19.8 Å². The Bertz CT molecular complexity index is 822. The van der Waals surface area contributed by atoms with Crippen LogP contribution in [0.1, 0.15) is 142 Å². The number of carbonyl (C=O) groups is 1. The maximum Gasteiger partial charge on any atom is 0.472 e. The molecule has 10 heteroatoms. The largest absolute Gasteiger partial charge is 0.472 e. The number of carbonyl (C=O) groups excluding carboxylic acids is 1. The van der Waals surface area contributed by atoms with E-state index >= 15 is 0 Å². The van der Waals surface area contributed by atoms with Crippen LogP contribution < -0.4 is 11.1 Å². The van der Waals surface area contributed by atoms with Crippen LogP contribution in [-0.4, -0.2) is 59.0 Å². The summed E-state index contributed by atoms with van der Waals surface area (Å²) in [5.41, 5.74) is 5.32. The number of nitrogens with one attached hydrogen (secondary N) is 1. The molecule has 0 spiro atoms. The van der Waals surface area contributed by atoms with Gasteiger partial charge in [0.1, 0.15) is 0 Å². The van der Waals surface area contributed by atoms with Crippen molar-refractivity contribution in [3.8, 4) is 0 Å². The lowest BCUT2D eigenvalue weighted by Gasteiger charge is -2.24. The first-order chi connectivity index (χ1) is 21.8. The Balaban J connectivity index is 4.49. The fraction of sp³-hybridized carbons (Fsp3) is 0.800. The van der Waals surface area contributed by atoms with Crippen LogP contribution in [0.2, 0.25) is 0 Å². The van der Waals surface area contributed by atoms with Gasteiger partial charge in [0, 0.05) is 6.54 Å². The fourth-order valence-electron chi connectivity index (χ4n) is 4.86. The maximum absolute atomic E-state index is 12.7. The number of rotatable bonds is 32. The zero-order valence-electron chi connectivity index (χ0n) is 28.5. The summed E-state index contributed by atoms with van der Waals surface area (Å²) < 4.78 is 21.9. The van der Waals surface area contributed by atoms with Crippen molar-refractivity contribution in [3.05, 3.63) is 36.5 Å². The Hall–Kier alpha value is -1.32. The topological polar surface area (TPSA) is 151 Å². The second-order valence-corrected chi connectivity index (χ2v) is 13.3. The van der Waals surface area contributed by atoms with Gasteiger partial charge in [-0.2, -0.15) is 0 Å². The lowest BCUT2D eigenvalue weighted by molar-refractivity contribution is -0.124. The van der Waals surface area contributed by atoms with E-state index in [-0.39, 0.29) is 19.6 Å². The molecule has 0 radical (unpaired) electrons. The average molecular weight is 659 g/mol. The van der Waals surface area contributed by atoms with Gasteiger partial charge < -0.3 is 26.2 Å². The molecule has 45 heavy (non-hydrogen) atoms. The highest BCUT2D eigenvalue weighted by Gasteiger charge is 2.27. The molecular weight excluding hydrogens is 591 g/mol.